The summed E-state index contributed by atoms with van der Waals surface area (Å²) in [5, 5.41) is 6.97. The molecule has 0 atom stereocenters. The first-order valence-electron chi connectivity index (χ1n) is 32.2. The Hall–Kier alpha value is -6.64. The van der Waals surface area contributed by atoms with E-state index in [0.717, 1.165) is 67.4 Å². The van der Waals surface area contributed by atoms with Crippen molar-refractivity contribution < 1.29 is 0 Å². The highest BCUT2D eigenvalue weighted by Gasteiger charge is 2.01. The molecule has 1 aliphatic carbocycles. The van der Waals surface area contributed by atoms with Crippen LogP contribution in [0, 0.1) is 0 Å². The van der Waals surface area contributed by atoms with Crippen LogP contribution < -0.4 is 41.7 Å². The maximum atomic E-state index is 3.43. The molecule has 0 radical (unpaired) electrons. The van der Waals surface area contributed by atoms with Crippen LogP contribution in [0.4, 0.5) is 0 Å². The van der Waals surface area contributed by atoms with Crippen molar-refractivity contribution in [2.75, 3.05) is 0 Å². The van der Waals surface area contributed by atoms with Crippen LogP contribution in [0.5, 0.6) is 0 Å². The Bertz CT molecular complexity index is 3110. The Morgan fingerprint density at radius 2 is 0.350 bits per heavy atom. The Kier molecular flexibility index (Phi) is 33.9. The van der Waals surface area contributed by atoms with E-state index >= 15 is 0 Å². The van der Waals surface area contributed by atoms with Crippen molar-refractivity contribution in [1.29, 1.82) is 0 Å². The molecule has 0 bridgehead atoms. The second-order valence-electron chi connectivity index (χ2n) is 22.4. The van der Waals surface area contributed by atoms with Gasteiger partial charge in [0.05, 0.1) is 0 Å². The van der Waals surface area contributed by atoms with Crippen molar-refractivity contribution >= 4 is 45.8 Å². The number of unbranched alkanes of at least 4 members (excludes halogenated alkanes) is 28. The number of rotatable bonds is 36. The lowest BCUT2D eigenvalue weighted by Crippen LogP contribution is -2.23. The summed E-state index contributed by atoms with van der Waals surface area (Å²) in [5.41, 5.74) is 58.1. The van der Waals surface area contributed by atoms with Gasteiger partial charge in [-0.3, -0.25) is 0 Å². The summed E-state index contributed by atoms with van der Waals surface area (Å²) < 4.78 is 0. The van der Waals surface area contributed by atoms with E-state index in [2.05, 4.69) is 192 Å². The van der Waals surface area contributed by atoms with Crippen LogP contribution in [0.25, 0.3) is 45.8 Å². The lowest BCUT2D eigenvalue weighted by Gasteiger charge is -2.02. The van der Waals surface area contributed by atoms with Crippen LogP contribution in [0.2, 0.25) is 0 Å². The van der Waals surface area contributed by atoms with Gasteiger partial charge in [0.2, 0.25) is 0 Å². The fourth-order valence-electron chi connectivity index (χ4n) is 10.5. The minimum absolute atomic E-state index is 0.859. The highest BCUT2D eigenvalue weighted by Crippen LogP contribution is 2.14. The normalized spacial score (nSPS) is 11.1. The van der Waals surface area contributed by atoms with Crippen LogP contribution in [-0.4, -0.2) is 0 Å². The van der Waals surface area contributed by atoms with Crippen molar-refractivity contribution in [2.45, 2.75) is 259 Å². The van der Waals surface area contributed by atoms with E-state index in [9.17, 15) is 0 Å². The largest absolute Gasteiger partial charge is 0.0654 e. The molecule has 0 heteroatoms. The van der Waals surface area contributed by atoms with Crippen molar-refractivity contribution in [3.05, 3.63) is 183 Å². The molecule has 1 aliphatic rings. The minimum atomic E-state index is 0.859. The van der Waals surface area contributed by atoms with Gasteiger partial charge in [0.25, 0.3) is 0 Å². The van der Waals surface area contributed by atoms with Crippen molar-refractivity contribution in [1.82, 2.24) is 0 Å². The second kappa shape index (κ2) is 42.3. The summed E-state index contributed by atoms with van der Waals surface area (Å²) in [4.78, 5) is 0. The average Bonchev–Trinajstić information content (AvgIpc) is 3.48. The molecule has 0 saturated heterocycles. The van der Waals surface area contributed by atoms with Gasteiger partial charge in [-0.1, -0.05) is 278 Å². The Labute approximate surface area is 484 Å². The highest BCUT2D eigenvalue weighted by molar-refractivity contribution is 5.38. The third-order valence-electron chi connectivity index (χ3n) is 15.4. The molecule has 0 nitrogen and oxygen atoms in total. The molecule has 0 heterocycles. The number of hydrogen-bond acceptors (Lipinski definition) is 0. The SMILES string of the molecule is CCCCCCCCCCc1ccc2c(c1)=C=C=C=C=c1cc(CCCCCCCCCC)ccc1=C=C=C=C=c1ccc(CCCCCCCCCC)cc1=C=C=C=C=c1cc(CCCCCCCCCC)ccc1=C=C=C=C=2. The molecule has 4 aromatic carbocycles. The summed E-state index contributed by atoms with van der Waals surface area (Å²) in [6, 6.07) is 26.2. The van der Waals surface area contributed by atoms with Crippen molar-refractivity contribution in [3.8, 4) is 0 Å². The maximum absolute atomic E-state index is 3.43. The molecule has 0 aromatic heterocycles. The summed E-state index contributed by atoms with van der Waals surface area (Å²) in [7, 11) is 0. The molecule has 0 N–H and O–H groups in total. The quantitative estimate of drug-likeness (QED) is 0.0277. The van der Waals surface area contributed by atoms with Crippen LogP contribution in [0.1, 0.15) is 255 Å². The summed E-state index contributed by atoms with van der Waals surface area (Å²) >= 11 is 0. The van der Waals surface area contributed by atoms with Gasteiger partial charge in [0.1, 0.15) is 0 Å². The van der Waals surface area contributed by atoms with Gasteiger partial charge in [-0.25, -0.2) is 0 Å². The molecule has 0 aliphatic heterocycles. The third-order valence-corrected chi connectivity index (χ3v) is 15.4. The van der Waals surface area contributed by atoms with E-state index in [-0.39, 0.29) is 0 Å². The predicted molar refractivity (Wildman–Crippen MR) is 343 cm³/mol. The number of benzene rings is 4. The molecule has 0 saturated carbocycles. The fraction of sp³-hybridized carbons (Fsp3) is 0.500. The van der Waals surface area contributed by atoms with Gasteiger partial charge >= 0.3 is 0 Å². The van der Waals surface area contributed by atoms with E-state index in [4.69, 9.17) is 0 Å². The monoisotopic (exact) mass is 1060 g/mol. The smallest absolute Gasteiger partial charge is 0.0415 e. The van der Waals surface area contributed by atoms with E-state index in [1.807, 2.05) is 0 Å². The maximum Gasteiger partial charge on any atom is 0.0415 e. The lowest BCUT2D eigenvalue weighted by molar-refractivity contribution is 0.575. The predicted octanol–water partition coefficient (Wildman–Crippen LogP) is 16.0. The zero-order valence-corrected chi connectivity index (χ0v) is 50.4. The van der Waals surface area contributed by atoms with Gasteiger partial charge in [-0.15, -0.1) is 0 Å². The standard InChI is InChI=1S/C80H96/c1-5-9-13-17-21-25-29-33-45-69-57-61-73-49-37-38-50-74-62-58-71(47-35-31-27-23-19-15-11-7-3)67-79(74)55-43-44-56-80-68-72(48-36-32-28-24-20-16-12-8-4)60-64-76(80)52-40-39-51-75-63-59-70(46-34-30-26-22-18-14-10-6-2)66-78(75)54-42-41-53-77(73)65-69/h57-68H,5-36,45-48H2,1-4H3. The first kappa shape index (κ1) is 64.2. The molecule has 0 unspecified atom stereocenters. The first-order chi connectivity index (χ1) is 39.6. The molecule has 80 heavy (non-hydrogen) atoms. The van der Waals surface area contributed by atoms with Crippen molar-refractivity contribution in [2.24, 2.45) is 0 Å². The molecule has 416 valence electrons. The number of hydrogen-bond donors (Lipinski definition) is 0. The number of aryl methyl sites for hydroxylation is 4. The van der Waals surface area contributed by atoms with Gasteiger partial charge < -0.3 is 0 Å². The summed E-state index contributed by atoms with van der Waals surface area (Å²) in [6.07, 6.45) is 45.6. The second-order valence-corrected chi connectivity index (χ2v) is 22.4. The molecular formula is C80H96. The van der Waals surface area contributed by atoms with Crippen LogP contribution >= 0.6 is 0 Å². The fourth-order valence-corrected chi connectivity index (χ4v) is 10.5. The highest BCUT2D eigenvalue weighted by atomic mass is 14.1. The van der Waals surface area contributed by atoms with Gasteiger partial charge in [0, 0.05) is 41.7 Å². The Morgan fingerprint density at radius 1 is 0.188 bits per heavy atom. The molecule has 0 spiro atoms. The zero-order chi connectivity index (χ0) is 56.2. The van der Waals surface area contributed by atoms with Gasteiger partial charge in [-0.05, 0) is 168 Å². The molecule has 5 rings (SSSR count). The lowest BCUT2D eigenvalue weighted by atomic mass is 10.0. The topological polar surface area (TPSA) is 0 Å². The van der Waals surface area contributed by atoms with Crippen molar-refractivity contribution in [3.63, 3.8) is 0 Å². The third kappa shape index (κ3) is 27.5. The van der Waals surface area contributed by atoms with Crippen LogP contribution in [0.15, 0.2) is 119 Å². The van der Waals surface area contributed by atoms with Gasteiger partial charge in [-0.2, -0.15) is 0 Å². The Balaban J connectivity index is 1.72. The summed E-state index contributed by atoms with van der Waals surface area (Å²) in [6.45, 7) is 9.13. The first-order valence-corrected chi connectivity index (χ1v) is 32.2. The average molecular weight is 1060 g/mol. The molecule has 0 fully saturated rings. The Morgan fingerprint density at radius 3 is 0.537 bits per heavy atom. The van der Waals surface area contributed by atoms with E-state index < -0.39 is 0 Å². The zero-order valence-electron chi connectivity index (χ0n) is 50.4. The molecule has 4 aromatic rings. The van der Waals surface area contributed by atoms with Crippen LogP contribution in [-0.2, 0) is 25.7 Å². The minimum Gasteiger partial charge on any atom is -0.0654 e. The van der Waals surface area contributed by atoms with E-state index in [1.165, 1.54) is 228 Å². The summed E-state index contributed by atoms with van der Waals surface area (Å²) in [5.74, 6) is 0. The van der Waals surface area contributed by atoms with E-state index in [1.54, 1.807) is 0 Å². The van der Waals surface area contributed by atoms with Crippen LogP contribution in [0.3, 0.4) is 0 Å². The number of fused-ring (bicyclic) bond motifs is 4. The molecular weight excluding hydrogens is 961 g/mol. The van der Waals surface area contributed by atoms with E-state index in [0.29, 0.717) is 0 Å². The molecule has 0 amide bonds. The van der Waals surface area contributed by atoms with Gasteiger partial charge in [0.15, 0.2) is 0 Å².